The van der Waals surface area contributed by atoms with Gasteiger partial charge in [0.15, 0.2) is 0 Å². The van der Waals surface area contributed by atoms with Crippen LogP contribution in [0.5, 0.6) is 5.88 Å². The zero-order valence-electron chi connectivity index (χ0n) is 13.7. The molecule has 23 heavy (non-hydrogen) atoms. The molecule has 3 N–H and O–H groups in total. The smallest absolute Gasteiger partial charge is 0.320 e. The number of carbonyl (C=O) groups excluding carboxylic acids is 2. The number of nitrogens with one attached hydrogen (secondary N) is 2. The summed E-state index contributed by atoms with van der Waals surface area (Å²) in [5, 5.41) is 16.0. The molecule has 0 aromatic carbocycles. The third kappa shape index (κ3) is 3.18. The van der Waals surface area contributed by atoms with Crippen LogP contribution in [0.2, 0.25) is 0 Å². The average Bonchev–Trinajstić information content (AvgIpc) is 2.72. The Morgan fingerprint density at radius 2 is 2.04 bits per heavy atom. The average molecular weight is 318 g/mol. The first-order chi connectivity index (χ1) is 10.8. The highest BCUT2D eigenvalue weighted by molar-refractivity contribution is 5.92. The van der Waals surface area contributed by atoms with E-state index in [9.17, 15) is 14.7 Å². The Morgan fingerprint density at radius 1 is 1.35 bits per heavy atom. The molecule has 1 aromatic heterocycles. The lowest BCUT2D eigenvalue weighted by Gasteiger charge is -2.16. The standard InChI is InChI=1S/C16H22N4O3/c1-5-6-7-8-17-15(23)20-12-9(2)11-10(13(21)19-12)16(3,4)14(22)18-11/h21H,2,5-8H2,1,3-4H3,(H2,17,19,20,23). The maximum Gasteiger partial charge on any atom is 0.320 e. The lowest BCUT2D eigenvalue weighted by Crippen LogP contribution is -2.37. The predicted octanol–water partition coefficient (Wildman–Crippen LogP) is 0.947. The van der Waals surface area contributed by atoms with Crippen LogP contribution in [0.3, 0.4) is 0 Å². The molecule has 2 heterocycles. The summed E-state index contributed by atoms with van der Waals surface area (Å²) in [6.45, 7) is 9.80. The molecule has 1 aromatic rings. The molecule has 0 radical (unpaired) electrons. The highest BCUT2D eigenvalue weighted by Gasteiger charge is 2.39. The van der Waals surface area contributed by atoms with E-state index in [4.69, 9.17) is 0 Å². The molecule has 1 aliphatic rings. The topological polar surface area (TPSA) is 104 Å². The summed E-state index contributed by atoms with van der Waals surface area (Å²) in [5.41, 5.74) is -0.596. The third-order valence-electron chi connectivity index (χ3n) is 3.92. The van der Waals surface area contributed by atoms with Crippen molar-refractivity contribution in [2.24, 2.45) is 4.99 Å². The summed E-state index contributed by atoms with van der Waals surface area (Å²) in [6, 6.07) is -0.429. The molecule has 0 spiro atoms. The fraction of sp³-hybridized carbons (Fsp3) is 0.500. The summed E-state index contributed by atoms with van der Waals surface area (Å²) >= 11 is 0. The number of aromatic hydroxyl groups is 1. The monoisotopic (exact) mass is 318 g/mol. The van der Waals surface area contributed by atoms with E-state index in [1.165, 1.54) is 0 Å². The van der Waals surface area contributed by atoms with Crippen LogP contribution in [0.1, 0.15) is 45.6 Å². The normalized spacial score (nSPS) is 15.0. The third-order valence-corrected chi connectivity index (χ3v) is 3.92. The van der Waals surface area contributed by atoms with Gasteiger partial charge in [-0.1, -0.05) is 26.3 Å². The van der Waals surface area contributed by atoms with Gasteiger partial charge in [-0.25, -0.2) is 9.79 Å². The van der Waals surface area contributed by atoms with E-state index in [-0.39, 0.29) is 23.0 Å². The molecule has 0 saturated heterocycles. The summed E-state index contributed by atoms with van der Waals surface area (Å²) in [6.07, 6.45) is 2.99. The van der Waals surface area contributed by atoms with Crippen molar-refractivity contribution in [1.82, 2.24) is 10.3 Å². The first-order valence-electron chi connectivity index (χ1n) is 7.69. The minimum absolute atomic E-state index is 0.100. The van der Waals surface area contributed by atoms with Crippen molar-refractivity contribution >= 4 is 24.3 Å². The largest absolute Gasteiger partial charge is 0.493 e. The molecule has 0 fully saturated rings. The van der Waals surface area contributed by atoms with Crippen LogP contribution >= 0.6 is 0 Å². The van der Waals surface area contributed by atoms with Crippen LogP contribution in [0, 0.1) is 0 Å². The highest BCUT2D eigenvalue weighted by atomic mass is 16.3. The number of urea groups is 1. The van der Waals surface area contributed by atoms with Crippen molar-refractivity contribution in [3.05, 3.63) is 16.1 Å². The number of nitrogens with zero attached hydrogens (tertiary/aromatic N) is 2. The summed E-state index contributed by atoms with van der Waals surface area (Å²) in [4.78, 5) is 31.7. The van der Waals surface area contributed by atoms with E-state index in [2.05, 4.69) is 34.1 Å². The molecule has 2 rings (SSSR count). The quantitative estimate of drug-likeness (QED) is 0.703. The summed E-state index contributed by atoms with van der Waals surface area (Å²) < 4.78 is 0. The Kier molecular flexibility index (Phi) is 4.68. The van der Waals surface area contributed by atoms with Gasteiger partial charge in [-0.3, -0.25) is 10.1 Å². The Balaban J connectivity index is 2.24. The maximum absolute atomic E-state index is 12.0. The van der Waals surface area contributed by atoms with Crippen molar-refractivity contribution in [3.63, 3.8) is 0 Å². The second-order valence-electron chi connectivity index (χ2n) is 6.12. The van der Waals surface area contributed by atoms with Gasteiger partial charge in [0, 0.05) is 11.8 Å². The molecule has 1 aliphatic heterocycles. The number of aromatic nitrogens is 1. The number of hydrogen-bond acceptors (Lipinski definition) is 4. The number of carbonyl (C=O) groups is 2. The van der Waals surface area contributed by atoms with Crippen LogP contribution in [0.15, 0.2) is 4.99 Å². The van der Waals surface area contributed by atoms with Crippen LogP contribution < -0.4 is 21.2 Å². The molecule has 7 nitrogen and oxygen atoms in total. The highest BCUT2D eigenvalue weighted by Crippen LogP contribution is 2.30. The zero-order valence-corrected chi connectivity index (χ0v) is 13.7. The second-order valence-corrected chi connectivity index (χ2v) is 6.12. The van der Waals surface area contributed by atoms with Gasteiger partial charge in [0.25, 0.3) is 5.91 Å². The molecule has 0 atom stereocenters. The lowest BCUT2D eigenvalue weighted by atomic mass is 9.86. The summed E-state index contributed by atoms with van der Waals surface area (Å²) in [7, 11) is 0. The van der Waals surface area contributed by atoms with Crippen molar-refractivity contribution in [2.75, 3.05) is 11.9 Å². The molecular weight excluding hydrogens is 296 g/mol. The molecule has 124 valence electrons. The van der Waals surface area contributed by atoms with E-state index >= 15 is 0 Å². The van der Waals surface area contributed by atoms with Gasteiger partial charge in [-0.15, -0.1) is 0 Å². The number of rotatable bonds is 5. The predicted molar refractivity (Wildman–Crippen MR) is 86.8 cm³/mol. The summed E-state index contributed by atoms with van der Waals surface area (Å²) in [5.74, 6) is -0.576. The van der Waals surface area contributed by atoms with Gasteiger partial charge in [0.2, 0.25) is 5.88 Å². The Labute approximate surface area is 134 Å². The Bertz CT molecular complexity index is 756. The van der Waals surface area contributed by atoms with Gasteiger partial charge < -0.3 is 10.4 Å². The van der Waals surface area contributed by atoms with Crippen LogP contribution in [-0.2, 0) is 10.2 Å². The number of anilines is 1. The minimum atomic E-state index is -0.945. The first-order valence-corrected chi connectivity index (χ1v) is 7.69. The number of amides is 3. The van der Waals surface area contributed by atoms with E-state index in [1.54, 1.807) is 13.8 Å². The van der Waals surface area contributed by atoms with E-state index < -0.39 is 11.4 Å². The number of pyridine rings is 1. The molecule has 0 aliphatic carbocycles. The molecular formula is C16H22N4O3. The number of fused-ring (bicyclic) bond motifs is 1. The van der Waals surface area contributed by atoms with Crippen LogP contribution in [-0.4, -0.2) is 28.6 Å². The first kappa shape index (κ1) is 16.9. The molecule has 3 amide bonds. The number of unbranched alkanes of at least 4 members (excludes halogenated alkanes) is 2. The van der Waals surface area contributed by atoms with Gasteiger partial charge in [0.05, 0.1) is 16.3 Å². The minimum Gasteiger partial charge on any atom is -0.493 e. The molecule has 7 heteroatoms. The van der Waals surface area contributed by atoms with E-state index in [0.717, 1.165) is 19.3 Å². The second kappa shape index (κ2) is 6.36. The maximum atomic E-state index is 12.0. The fourth-order valence-electron chi connectivity index (χ4n) is 2.48. The lowest BCUT2D eigenvalue weighted by molar-refractivity contribution is -0.121. The zero-order chi connectivity index (χ0) is 17.2. The van der Waals surface area contributed by atoms with E-state index in [1.807, 2.05) is 0 Å². The van der Waals surface area contributed by atoms with Crippen molar-refractivity contribution < 1.29 is 14.7 Å². The van der Waals surface area contributed by atoms with Gasteiger partial charge in [0.1, 0.15) is 5.82 Å². The van der Waals surface area contributed by atoms with Crippen LogP contribution in [0.4, 0.5) is 10.6 Å². The van der Waals surface area contributed by atoms with E-state index in [0.29, 0.717) is 17.3 Å². The van der Waals surface area contributed by atoms with Crippen molar-refractivity contribution in [3.8, 4) is 5.88 Å². The van der Waals surface area contributed by atoms with Crippen LogP contribution in [0.25, 0.3) is 6.58 Å². The van der Waals surface area contributed by atoms with Gasteiger partial charge >= 0.3 is 6.03 Å². The van der Waals surface area contributed by atoms with Crippen molar-refractivity contribution in [1.29, 1.82) is 0 Å². The fourth-order valence-corrected chi connectivity index (χ4v) is 2.48. The Morgan fingerprint density at radius 3 is 2.70 bits per heavy atom. The molecule has 0 bridgehead atoms. The Hall–Kier alpha value is -2.44. The SMILES string of the molecule is C=c1c(NC(=O)NCCCCC)nc(O)c2c1=NC(=O)C2(C)C. The van der Waals surface area contributed by atoms with Gasteiger partial charge in [-0.2, -0.15) is 4.98 Å². The molecule has 0 saturated carbocycles. The van der Waals surface area contributed by atoms with Gasteiger partial charge in [-0.05, 0) is 20.3 Å². The number of hydrogen-bond donors (Lipinski definition) is 3. The van der Waals surface area contributed by atoms with Crippen molar-refractivity contribution in [2.45, 2.75) is 45.4 Å². The molecule has 0 unspecified atom stereocenters.